The van der Waals surface area contributed by atoms with Crippen LogP contribution in [0.4, 0.5) is 0 Å². The second-order valence-electron chi connectivity index (χ2n) is 3.79. The fourth-order valence-corrected chi connectivity index (χ4v) is 1.94. The van der Waals surface area contributed by atoms with Crippen molar-refractivity contribution in [1.82, 2.24) is 0 Å². The Bertz CT molecular complexity index is 252. The SMILES string of the molecule is COCC1=CC([N+](=O)[O-])C(COC)CC1. The standard InChI is InChI=1S/C10H17NO4/c1-14-6-8-3-4-9(7-15-2)10(5-8)11(12)13/h5,9-10H,3-4,6-7H2,1-2H3. The number of ether oxygens (including phenoxy) is 2. The summed E-state index contributed by atoms with van der Waals surface area (Å²) in [6, 6.07) is -0.621. The van der Waals surface area contributed by atoms with E-state index in [9.17, 15) is 10.1 Å². The van der Waals surface area contributed by atoms with Gasteiger partial charge >= 0.3 is 0 Å². The van der Waals surface area contributed by atoms with E-state index >= 15 is 0 Å². The predicted octanol–water partition coefficient (Wildman–Crippen LogP) is 1.26. The maximum absolute atomic E-state index is 10.9. The molecule has 1 aliphatic rings. The van der Waals surface area contributed by atoms with Crippen LogP contribution in [-0.4, -0.2) is 38.4 Å². The molecule has 0 saturated heterocycles. The van der Waals surface area contributed by atoms with Crippen LogP contribution in [0.3, 0.4) is 0 Å². The highest BCUT2D eigenvalue weighted by molar-refractivity contribution is 5.11. The minimum Gasteiger partial charge on any atom is -0.384 e. The normalized spacial score (nSPS) is 26.1. The van der Waals surface area contributed by atoms with Crippen molar-refractivity contribution in [3.8, 4) is 0 Å². The van der Waals surface area contributed by atoms with Gasteiger partial charge in [-0.2, -0.15) is 0 Å². The Kier molecular flexibility index (Phi) is 4.71. The molecule has 0 N–H and O–H groups in total. The molecule has 0 bridgehead atoms. The summed E-state index contributed by atoms with van der Waals surface area (Å²) in [4.78, 5) is 10.6. The molecular formula is C10H17NO4. The van der Waals surface area contributed by atoms with Crippen LogP contribution < -0.4 is 0 Å². The Labute approximate surface area is 89.2 Å². The van der Waals surface area contributed by atoms with Gasteiger partial charge in [0.2, 0.25) is 6.04 Å². The topological polar surface area (TPSA) is 61.6 Å². The first-order chi connectivity index (χ1) is 7.19. The number of hydrogen-bond donors (Lipinski definition) is 0. The largest absolute Gasteiger partial charge is 0.384 e. The summed E-state index contributed by atoms with van der Waals surface area (Å²) in [5.74, 6) is -0.00870. The van der Waals surface area contributed by atoms with Gasteiger partial charge in [-0.3, -0.25) is 10.1 Å². The first-order valence-corrected chi connectivity index (χ1v) is 5.00. The van der Waals surface area contributed by atoms with Gasteiger partial charge in [-0.25, -0.2) is 0 Å². The van der Waals surface area contributed by atoms with E-state index in [2.05, 4.69) is 0 Å². The van der Waals surface area contributed by atoms with E-state index in [1.165, 1.54) is 0 Å². The lowest BCUT2D eigenvalue weighted by molar-refractivity contribution is -0.520. The molecule has 2 unspecified atom stereocenters. The van der Waals surface area contributed by atoms with E-state index in [4.69, 9.17) is 9.47 Å². The zero-order valence-electron chi connectivity index (χ0n) is 9.14. The van der Waals surface area contributed by atoms with Crippen LogP contribution in [0.25, 0.3) is 0 Å². The molecule has 86 valence electrons. The molecular weight excluding hydrogens is 198 g/mol. The van der Waals surface area contributed by atoms with Crippen molar-refractivity contribution in [2.45, 2.75) is 18.9 Å². The second kappa shape index (κ2) is 5.82. The van der Waals surface area contributed by atoms with E-state index < -0.39 is 6.04 Å². The third kappa shape index (κ3) is 3.28. The maximum Gasteiger partial charge on any atom is 0.236 e. The van der Waals surface area contributed by atoms with E-state index in [1.54, 1.807) is 20.3 Å². The molecule has 0 fully saturated rings. The average Bonchev–Trinajstić information content (AvgIpc) is 2.21. The summed E-state index contributed by atoms with van der Waals surface area (Å²) in [5, 5.41) is 10.9. The Hall–Kier alpha value is -0.940. The summed E-state index contributed by atoms with van der Waals surface area (Å²) in [7, 11) is 3.18. The summed E-state index contributed by atoms with van der Waals surface area (Å²) >= 11 is 0. The molecule has 15 heavy (non-hydrogen) atoms. The van der Waals surface area contributed by atoms with Crippen molar-refractivity contribution in [2.24, 2.45) is 5.92 Å². The summed E-state index contributed by atoms with van der Waals surface area (Å²) in [6.45, 7) is 0.937. The lowest BCUT2D eigenvalue weighted by Gasteiger charge is -2.23. The van der Waals surface area contributed by atoms with Crippen LogP contribution in [-0.2, 0) is 9.47 Å². The Morgan fingerprint density at radius 2 is 2.27 bits per heavy atom. The minimum atomic E-state index is -0.621. The molecule has 5 heteroatoms. The van der Waals surface area contributed by atoms with Gasteiger partial charge in [0.15, 0.2) is 0 Å². The van der Waals surface area contributed by atoms with Crippen LogP contribution in [0.5, 0.6) is 0 Å². The third-order valence-electron chi connectivity index (χ3n) is 2.68. The molecule has 0 saturated carbocycles. The number of nitro groups is 1. The van der Waals surface area contributed by atoms with Crippen molar-refractivity contribution < 1.29 is 14.4 Å². The highest BCUT2D eigenvalue weighted by Crippen LogP contribution is 2.26. The molecule has 0 aromatic heterocycles. The van der Waals surface area contributed by atoms with Crippen LogP contribution >= 0.6 is 0 Å². The van der Waals surface area contributed by atoms with E-state index in [0.29, 0.717) is 13.2 Å². The van der Waals surface area contributed by atoms with E-state index in [-0.39, 0.29) is 10.8 Å². The van der Waals surface area contributed by atoms with Gasteiger partial charge < -0.3 is 9.47 Å². The molecule has 1 aliphatic carbocycles. The predicted molar refractivity (Wildman–Crippen MR) is 55.3 cm³/mol. The summed E-state index contributed by atoms with van der Waals surface area (Å²) < 4.78 is 9.97. The lowest BCUT2D eigenvalue weighted by Crippen LogP contribution is -2.33. The quantitative estimate of drug-likeness (QED) is 0.393. The molecule has 0 amide bonds. The number of nitrogens with zero attached hydrogens (tertiary/aromatic N) is 1. The van der Waals surface area contributed by atoms with Gasteiger partial charge in [-0.05, 0) is 24.5 Å². The zero-order valence-corrected chi connectivity index (χ0v) is 9.14. The highest BCUT2D eigenvalue weighted by Gasteiger charge is 2.33. The molecule has 1 rings (SSSR count). The zero-order chi connectivity index (χ0) is 11.3. The van der Waals surface area contributed by atoms with Crippen LogP contribution in [0.2, 0.25) is 0 Å². The molecule has 0 heterocycles. The van der Waals surface area contributed by atoms with E-state index in [0.717, 1.165) is 18.4 Å². The number of methoxy groups -OCH3 is 2. The average molecular weight is 215 g/mol. The second-order valence-corrected chi connectivity index (χ2v) is 3.79. The monoisotopic (exact) mass is 215 g/mol. The van der Waals surface area contributed by atoms with Gasteiger partial charge in [-0.15, -0.1) is 0 Å². The summed E-state index contributed by atoms with van der Waals surface area (Å²) in [6.07, 6.45) is 3.39. The molecule has 5 nitrogen and oxygen atoms in total. The van der Waals surface area contributed by atoms with Crippen molar-refractivity contribution >= 4 is 0 Å². The molecule has 0 spiro atoms. The van der Waals surface area contributed by atoms with E-state index in [1.807, 2.05) is 0 Å². The molecule has 0 radical (unpaired) electrons. The Morgan fingerprint density at radius 1 is 1.53 bits per heavy atom. The molecule has 0 aromatic carbocycles. The van der Waals surface area contributed by atoms with Gasteiger partial charge in [0.05, 0.1) is 19.1 Å². The first-order valence-electron chi connectivity index (χ1n) is 5.00. The van der Waals surface area contributed by atoms with Crippen molar-refractivity contribution in [1.29, 1.82) is 0 Å². The fourth-order valence-electron chi connectivity index (χ4n) is 1.94. The van der Waals surface area contributed by atoms with Gasteiger partial charge in [-0.1, -0.05) is 0 Å². The van der Waals surface area contributed by atoms with Crippen LogP contribution in [0, 0.1) is 16.0 Å². The number of rotatable bonds is 5. The van der Waals surface area contributed by atoms with Crippen molar-refractivity contribution in [3.05, 3.63) is 21.8 Å². The van der Waals surface area contributed by atoms with Crippen LogP contribution in [0.1, 0.15) is 12.8 Å². The third-order valence-corrected chi connectivity index (χ3v) is 2.68. The molecule has 2 atom stereocenters. The lowest BCUT2D eigenvalue weighted by atomic mass is 9.86. The van der Waals surface area contributed by atoms with Crippen molar-refractivity contribution in [2.75, 3.05) is 27.4 Å². The van der Waals surface area contributed by atoms with Gasteiger partial charge in [0.1, 0.15) is 0 Å². The Morgan fingerprint density at radius 3 is 2.80 bits per heavy atom. The van der Waals surface area contributed by atoms with Crippen LogP contribution in [0.15, 0.2) is 11.6 Å². The fraction of sp³-hybridized carbons (Fsp3) is 0.800. The minimum absolute atomic E-state index is 0.00870. The van der Waals surface area contributed by atoms with Gasteiger partial charge in [0.25, 0.3) is 0 Å². The molecule has 0 aromatic rings. The van der Waals surface area contributed by atoms with Gasteiger partial charge in [0, 0.05) is 19.1 Å². The Balaban J connectivity index is 2.69. The first kappa shape index (κ1) is 12.1. The van der Waals surface area contributed by atoms with Crippen molar-refractivity contribution in [3.63, 3.8) is 0 Å². The summed E-state index contributed by atoms with van der Waals surface area (Å²) in [5.41, 5.74) is 1.02. The highest BCUT2D eigenvalue weighted by atomic mass is 16.6. The smallest absolute Gasteiger partial charge is 0.236 e. The number of hydrogen-bond acceptors (Lipinski definition) is 4. The maximum atomic E-state index is 10.9. The molecule has 0 aliphatic heterocycles.